The van der Waals surface area contributed by atoms with Gasteiger partial charge in [0, 0.05) is 0 Å². The molecule has 1 aromatic rings. The molecule has 0 unspecified atom stereocenters. The highest BCUT2D eigenvalue weighted by molar-refractivity contribution is 9.10. The van der Waals surface area contributed by atoms with Crippen LogP contribution in [0.25, 0.3) is 0 Å². The number of carbonyl (C=O) groups is 1. The molecule has 0 aliphatic rings. The summed E-state index contributed by atoms with van der Waals surface area (Å²) in [6.45, 7) is 0. The lowest BCUT2D eigenvalue weighted by Gasteiger charge is -2.10. The molecule has 3 N–H and O–H groups in total. The van der Waals surface area contributed by atoms with E-state index in [9.17, 15) is 4.79 Å². The molecule has 1 amide bonds. The van der Waals surface area contributed by atoms with Crippen LogP contribution in [0.2, 0.25) is 0 Å². The number of amides is 1. The highest BCUT2D eigenvalue weighted by Crippen LogP contribution is 2.12. The van der Waals surface area contributed by atoms with Crippen molar-refractivity contribution < 1.29 is 9.90 Å². The second kappa shape index (κ2) is 3.51. The molecular weight excluding hydrogens is 226 g/mol. The minimum absolute atomic E-state index is 0.178. The number of nitrogens with zero attached hydrogens (tertiary/aromatic N) is 2. The van der Waals surface area contributed by atoms with Crippen LogP contribution in [-0.4, -0.2) is 16.2 Å². The first-order chi connectivity index (χ1) is 5.61. The van der Waals surface area contributed by atoms with E-state index in [1.54, 1.807) is 12.1 Å². The van der Waals surface area contributed by atoms with Crippen LogP contribution in [0.1, 0.15) is 0 Å². The van der Waals surface area contributed by atoms with Crippen LogP contribution in [-0.2, 0) is 0 Å². The molecule has 0 aliphatic carbocycles. The Morgan fingerprint density at radius 1 is 1.67 bits per heavy atom. The topological polar surface area (TPSA) is 79.5 Å². The van der Waals surface area contributed by atoms with Gasteiger partial charge in [0.25, 0.3) is 0 Å². The SMILES string of the molecule is NN(C(=O)O)c1cccc(Br)n1. The summed E-state index contributed by atoms with van der Waals surface area (Å²) in [6, 6.07) is 4.83. The van der Waals surface area contributed by atoms with E-state index in [1.807, 2.05) is 0 Å². The van der Waals surface area contributed by atoms with Gasteiger partial charge >= 0.3 is 6.09 Å². The van der Waals surface area contributed by atoms with Crippen LogP contribution >= 0.6 is 15.9 Å². The normalized spacial score (nSPS) is 9.50. The standard InChI is InChI=1S/C6H6BrN3O2/c7-4-2-1-3-5(9-4)10(8)6(11)12/h1-3H,8H2,(H,11,12). The molecule has 0 radical (unpaired) electrons. The van der Waals surface area contributed by atoms with Gasteiger partial charge in [0.1, 0.15) is 4.60 Å². The third kappa shape index (κ3) is 1.93. The number of carboxylic acid groups (broad SMARTS) is 1. The fraction of sp³-hybridized carbons (Fsp3) is 0. The van der Waals surface area contributed by atoms with Crippen molar-refractivity contribution in [1.82, 2.24) is 4.98 Å². The van der Waals surface area contributed by atoms with Crippen molar-refractivity contribution in [2.45, 2.75) is 0 Å². The maximum Gasteiger partial charge on any atom is 0.427 e. The van der Waals surface area contributed by atoms with E-state index >= 15 is 0 Å². The molecule has 0 spiro atoms. The van der Waals surface area contributed by atoms with Gasteiger partial charge in [-0.25, -0.2) is 15.6 Å². The lowest BCUT2D eigenvalue weighted by atomic mass is 10.4. The Morgan fingerprint density at radius 3 is 2.83 bits per heavy atom. The summed E-state index contributed by atoms with van der Waals surface area (Å²) in [7, 11) is 0. The quantitative estimate of drug-likeness (QED) is 0.330. The number of hydrazine groups is 1. The number of anilines is 1. The van der Waals surface area contributed by atoms with Crippen LogP contribution in [0, 0.1) is 0 Å². The maximum absolute atomic E-state index is 10.4. The van der Waals surface area contributed by atoms with E-state index in [0.29, 0.717) is 9.61 Å². The summed E-state index contributed by atoms with van der Waals surface area (Å²) in [5.74, 6) is 5.33. The number of aromatic nitrogens is 1. The number of rotatable bonds is 1. The molecule has 0 fully saturated rings. The molecule has 1 heterocycles. The van der Waals surface area contributed by atoms with E-state index in [4.69, 9.17) is 10.9 Å². The van der Waals surface area contributed by atoms with Crippen LogP contribution in [0.4, 0.5) is 10.6 Å². The molecule has 64 valence electrons. The Hall–Kier alpha value is -1.14. The lowest BCUT2D eigenvalue weighted by molar-refractivity contribution is 0.201. The zero-order chi connectivity index (χ0) is 9.14. The molecule has 0 bridgehead atoms. The monoisotopic (exact) mass is 231 g/mol. The highest BCUT2D eigenvalue weighted by Gasteiger charge is 2.09. The second-order valence-corrected chi connectivity index (χ2v) is 2.78. The van der Waals surface area contributed by atoms with Gasteiger partial charge in [0.2, 0.25) is 0 Å². The van der Waals surface area contributed by atoms with Gasteiger partial charge in [0.15, 0.2) is 5.82 Å². The molecule has 1 aromatic heterocycles. The average molecular weight is 232 g/mol. The van der Waals surface area contributed by atoms with Crippen molar-refractivity contribution in [3.8, 4) is 0 Å². The van der Waals surface area contributed by atoms with Gasteiger partial charge in [-0.2, -0.15) is 5.01 Å². The molecule has 0 atom stereocenters. The molecule has 0 aliphatic heterocycles. The van der Waals surface area contributed by atoms with Crippen LogP contribution in [0.5, 0.6) is 0 Å². The predicted octanol–water partition coefficient (Wildman–Crippen LogP) is 1.20. The fourth-order valence-electron chi connectivity index (χ4n) is 0.630. The summed E-state index contributed by atoms with van der Waals surface area (Å²) >= 11 is 3.09. The summed E-state index contributed by atoms with van der Waals surface area (Å²) in [4.78, 5) is 14.2. The lowest BCUT2D eigenvalue weighted by Crippen LogP contribution is -2.36. The molecule has 6 heteroatoms. The fourth-order valence-corrected chi connectivity index (χ4v) is 0.964. The molecule has 1 rings (SSSR count). The summed E-state index contributed by atoms with van der Waals surface area (Å²) in [5, 5.41) is 9.02. The second-order valence-electron chi connectivity index (χ2n) is 1.97. The zero-order valence-corrected chi connectivity index (χ0v) is 7.52. The summed E-state index contributed by atoms with van der Waals surface area (Å²) < 4.78 is 0.539. The number of nitrogens with two attached hydrogens (primary N) is 1. The molecule has 0 saturated carbocycles. The molecule has 0 saturated heterocycles. The van der Waals surface area contributed by atoms with Crippen molar-refractivity contribution >= 4 is 27.8 Å². The zero-order valence-electron chi connectivity index (χ0n) is 5.94. The number of pyridine rings is 1. The highest BCUT2D eigenvalue weighted by atomic mass is 79.9. The van der Waals surface area contributed by atoms with Gasteiger partial charge in [0.05, 0.1) is 0 Å². The minimum Gasteiger partial charge on any atom is -0.464 e. The van der Waals surface area contributed by atoms with Crippen molar-refractivity contribution in [2.24, 2.45) is 5.84 Å². The number of hydrogen-bond acceptors (Lipinski definition) is 3. The Bertz CT molecular complexity index is 305. The van der Waals surface area contributed by atoms with Crippen LogP contribution in [0.3, 0.4) is 0 Å². The Labute approximate surface area is 76.9 Å². The first kappa shape index (κ1) is 8.95. The minimum atomic E-state index is -1.25. The first-order valence-electron chi connectivity index (χ1n) is 3.01. The van der Waals surface area contributed by atoms with E-state index in [1.165, 1.54) is 6.07 Å². The van der Waals surface area contributed by atoms with Crippen molar-refractivity contribution in [3.63, 3.8) is 0 Å². The van der Waals surface area contributed by atoms with Gasteiger partial charge in [-0.1, -0.05) is 6.07 Å². The van der Waals surface area contributed by atoms with E-state index in [-0.39, 0.29) is 5.82 Å². The predicted molar refractivity (Wildman–Crippen MR) is 46.6 cm³/mol. The average Bonchev–Trinajstić information content (AvgIpc) is 2.03. The molecule has 12 heavy (non-hydrogen) atoms. The van der Waals surface area contributed by atoms with E-state index < -0.39 is 6.09 Å². The van der Waals surface area contributed by atoms with Crippen molar-refractivity contribution in [2.75, 3.05) is 5.01 Å². The van der Waals surface area contributed by atoms with Gasteiger partial charge in [-0.15, -0.1) is 0 Å². The third-order valence-corrected chi connectivity index (χ3v) is 1.59. The van der Waals surface area contributed by atoms with Crippen LogP contribution < -0.4 is 10.9 Å². The summed E-state index contributed by atoms with van der Waals surface area (Å²) in [6.07, 6.45) is -1.25. The number of halogens is 1. The number of hydrogen-bond donors (Lipinski definition) is 2. The van der Waals surface area contributed by atoms with Crippen molar-refractivity contribution in [1.29, 1.82) is 0 Å². The van der Waals surface area contributed by atoms with Gasteiger partial charge in [-0.05, 0) is 28.1 Å². The molecule has 0 aromatic carbocycles. The molecular formula is C6H6BrN3O2. The smallest absolute Gasteiger partial charge is 0.427 e. The van der Waals surface area contributed by atoms with Gasteiger partial charge in [-0.3, -0.25) is 0 Å². The first-order valence-corrected chi connectivity index (χ1v) is 3.81. The Balaban J connectivity index is 2.95. The summed E-state index contributed by atoms with van der Waals surface area (Å²) in [5.41, 5.74) is 0. The van der Waals surface area contributed by atoms with Gasteiger partial charge < -0.3 is 5.11 Å². The van der Waals surface area contributed by atoms with E-state index in [2.05, 4.69) is 20.9 Å². The largest absolute Gasteiger partial charge is 0.464 e. The van der Waals surface area contributed by atoms with Crippen LogP contribution in [0.15, 0.2) is 22.8 Å². The third-order valence-electron chi connectivity index (χ3n) is 1.15. The maximum atomic E-state index is 10.4. The van der Waals surface area contributed by atoms with E-state index in [0.717, 1.165) is 0 Å². The van der Waals surface area contributed by atoms with Crippen molar-refractivity contribution in [3.05, 3.63) is 22.8 Å². The molecule has 5 nitrogen and oxygen atoms in total. The Morgan fingerprint density at radius 2 is 2.33 bits per heavy atom. The Kier molecular flexibility index (Phi) is 2.61.